The highest BCUT2D eigenvalue weighted by molar-refractivity contribution is 5.85. The second kappa shape index (κ2) is 6.84. The molecule has 0 aliphatic carbocycles. The van der Waals surface area contributed by atoms with Crippen molar-refractivity contribution in [2.45, 2.75) is 20.8 Å². The molecule has 0 spiro atoms. The fraction of sp³-hybridized carbons (Fsp3) is 0.222. The van der Waals surface area contributed by atoms with Crippen molar-refractivity contribution in [2.24, 2.45) is 0 Å². The van der Waals surface area contributed by atoms with Crippen molar-refractivity contribution in [2.75, 3.05) is 7.11 Å². The van der Waals surface area contributed by atoms with E-state index in [1.54, 1.807) is 7.11 Å². The first-order valence-electron chi connectivity index (χ1n) is 6.91. The maximum absolute atomic E-state index is 5.04. The Morgan fingerprint density at radius 1 is 0.714 bits per heavy atom. The molecule has 0 N–H and O–H groups in total. The molecule has 1 heterocycles. The maximum Gasteiger partial charge on any atom is 0.121 e. The third-order valence-corrected chi connectivity index (χ3v) is 3.37. The highest BCUT2D eigenvalue weighted by atomic mass is 16.5. The second-order valence-electron chi connectivity index (χ2n) is 4.89. The van der Waals surface area contributed by atoms with E-state index in [9.17, 15) is 0 Å². The molecular formula is C18H20N2O. The van der Waals surface area contributed by atoms with Gasteiger partial charge in [-0.25, -0.2) is 0 Å². The zero-order chi connectivity index (χ0) is 15.2. The molecule has 2 aromatic carbocycles. The minimum atomic E-state index is 0.956. The van der Waals surface area contributed by atoms with Crippen molar-refractivity contribution in [3.8, 4) is 5.75 Å². The van der Waals surface area contributed by atoms with Crippen molar-refractivity contribution in [3.63, 3.8) is 0 Å². The van der Waals surface area contributed by atoms with Gasteiger partial charge >= 0.3 is 0 Å². The summed E-state index contributed by atoms with van der Waals surface area (Å²) in [6.45, 7) is 5.99. The van der Waals surface area contributed by atoms with Crippen LogP contribution in [-0.2, 0) is 0 Å². The van der Waals surface area contributed by atoms with E-state index in [2.05, 4.69) is 22.3 Å². The molecule has 3 nitrogen and oxygen atoms in total. The van der Waals surface area contributed by atoms with Crippen LogP contribution in [0.5, 0.6) is 5.75 Å². The highest BCUT2D eigenvalue weighted by Gasteiger charge is 2.00. The SMILES string of the molecule is COc1ccccc1C.Cc1nnc(C)c2ccccc12. The molecule has 0 saturated heterocycles. The molecule has 0 fully saturated rings. The van der Waals surface area contributed by atoms with E-state index in [1.807, 2.05) is 57.2 Å². The van der Waals surface area contributed by atoms with Crippen LogP contribution in [0.3, 0.4) is 0 Å². The summed E-state index contributed by atoms with van der Waals surface area (Å²) in [7, 11) is 1.68. The van der Waals surface area contributed by atoms with Crippen LogP contribution in [0.1, 0.15) is 17.0 Å². The fourth-order valence-corrected chi connectivity index (χ4v) is 2.16. The van der Waals surface area contributed by atoms with Gasteiger partial charge in [0.25, 0.3) is 0 Å². The van der Waals surface area contributed by atoms with E-state index < -0.39 is 0 Å². The maximum atomic E-state index is 5.04. The molecule has 0 amide bonds. The van der Waals surface area contributed by atoms with E-state index >= 15 is 0 Å². The average molecular weight is 280 g/mol. The van der Waals surface area contributed by atoms with Crippen LogP contribution in [0.4, 0.5) is 0 Å². The Morgan fingerprint density at radius 3 is 1.62 bits per heavy atom. The highest BCUT2D eigenvalue weighted by Crippen LogP contribution is 2.17. The van der Waals surface area contributed by atoms with Crippen molar-refractivity contribution in [3.05, 3.63) is 65.5 Å². The number of aromatic nitrogens is 2. The molecule has 1 aromatic heterocycles. The van der Waals surface area contributed by atoms with Gasteiger partial charge in [0.05, 0.1) is 18.5 Å². The summed E-state index contributed by atoms with van der Waals surface area (Å²) >= 11 is 0. The molecule has 0 saturated carbocycles. The molecule has 3 aromatic rings. The van der Waals surface area contributed by atoms with Crippen LogP contribution in [0.25, 0.3) is 10.8 Å². The van der Waals surface area contributed by atoms with E-state index in [0.717, 1.165) is 17.1 Å². The first-order valence-corrected chi connectivity index (χ1v) is 6.91. The molecule has 0 aliphatic heterocycles. The van der Waals surface area contributed by atoms with Crippen LogP contribution in [0.2, 0.25) is 0 Å². The second-order valence-corrected chi connectivity index (χ2v) is 4.89. The number of para-hydroxylation sites is 1. The van der Waals surface area contributed by atoms with Crippen molar-refractivity contribution < 1.29 is 4.74 Å². The first kappa shape index (κ1) is 15.0. The van der Waals surface area contributed by atoms with E-state index in [-0.39, 0.29) is 0 Å². The van der Waals surface area contributed by atoms with E-state index in [0.29, 0.717) is 0 Å². The Hall–Kier alpha value is -2.42. The minimum Gasteiger partial charge on any atom is -0.496 e. The zero-order valence-corrected chi connectivity index (χ0v) is 12.9. The summed E-state index contributed by atoms with van der Waals surface area (Å²) in [4.78, 5) is 0. The third kappa shape index (κ3) is 3.57. The van der Waals surface area contributed by atoms with E-state index in [1.165, 1.54) is 16.3 Å². The lowest BCUT2D eigenvalue weighted by Crippen LogP contribution is -1.91. The normalized spacial score (nSPS) is 9.90. The molecule has 0 radical (unpaired) electrons. The van der Waals surface area contributed by atoms with Gasteiger partial charge in [-0.05, 0) is 32.4 Å². The predicted octanol–water partition coefficient (Wildman–Crippen LogP) is 4.25. The lowest BCUT2D eigenvalue weighted by Gasteiger charge is -2.01. The summed E-state index contributed by atoms with van der Waals surface area (Å²) in [5.41, 5.74) is 3.17. The Kier molecular flexibility index (Phi) is 4.88. The number of hydrogen-bond acceptors (Lipinski definition) is 3. The van der Waals surface area contributed by atoms with Crippen LogP contribution >= 0.6 is 0 Å². The molecule has 3 heteroatoms. The Bertz CT molecular complexity index is 698. The summed E-state index contributed by atoms with van der Waals surface area (Å²) in [6.07, 6.45) is 0. The predicted molar refractivity (Wildman–Crippen MR) is 86.7 cm³/mol. The number of benzene rings is 2. The molecule has 0 unspecified atom stereocenters. The van der Waals surface area contributed by atoms with Crippen LogP contribution in [0.15, 0.2) is 48.5 Å². The summed E-state index contributed by atoms with van der Waals surface area (Å²) in [5, 5.41) is 10.5. The summed E-state index contributed by atoms with van der Waals surface area (Å²) in [6, 6.07) is 16.1. The van der Waals surface area contributed by atoms with Gasteiger partial charge in [-0.3, -0.25) is 0 Å². The molecule has 3 rings (SSSR count). The molecular weight excluding hydrogens is 260 g/mol. The van der Waals surface area contributed by atoms with Gasteiger partial charge in [-0.1, -0.05) is 42.5 Å². The van der Waals surface area contributed by atoms with Gasteiger partial charge in [-0.2, -0.15) is 10.2 Å². The Labute approximate surface area is 125 Å². The molecule has 0 aliphatic rings. The average Bonchev–Trinajstić information content (AvgIpc) is 2.52. The number of methoxy groups -OCH3 is 1. The smallest absolute Gasteiger partial charge is 0.121 e. The molecule has 108 valence electrons. The number of fused-ring (bicyclic) bond motifs is 1. The summed E-state index contributed by atoms with van der Waals surface area (Å²) < 4.78 is 5.04. The number of hydrogen-bond donors (Lipinski definition) is 0. The third-order valence-electron chi connectivity index (χ3n) is 3.37. The Balaban J connectivity index is 0.000000161. The van der Waals surface area contributed by atoms with Gasteiger partial charge in [0.15, 0.2) is 0 Å². The lowest BCUT2D eigenvalue weighted by molar-refractivity contribution is 0.411. The standard InChI is InChI=1S/C10H10N2.C8H10O/c1-7-9-5-3-4-6-10(9)8(2)12-11-7;1-7-5-3-4-6-8(7)9-2/h3-6H,1-2H3;3-6H,1-2H3. The zero-order valence-electron chi connectivity index (χ0n) is 12.9. The fourth-order valence-electron chi connectivity index (χ4n) is 2.16. The summed E-state index contributed by atoms with van der Waals surface area (Å²) in [5.74, 6) is 0.956. The van der Waals surface area contributed by atoms with Crippen LogP contribution < -0.4 is 4.74 Å². The number of nitrogens with zero attached hydrogens (tertiary/aromatic N) is 2. The largest absolute Gasteiger partial charge is 0.496 e. The number of rotatable bonds is 1. The van der Waals surface area contributed by atoms with Gasteiger partial charge in [0.1, 0.15) is 5.75 Å². The van der Waals surface area contributed by atoms with Crippen LogP contribution in [-0.4, -0.2) is 17.3 Å². The van der Waals surface area contributed by atoms with Gasteiger partial charge in [-0.15, -0.1) is 0 Å². The topological polar surface area (TPSA) is 35.0 Å². The van der Waals surface area contributed by atoms with Crippen molar-refractivity contribution >= 4 is 10.8 Å². The van der Waals surface area contributed by atoms with Crippen molar-refractivity contribution in [1.29, 1.82) is 0 Å². The minimum absolute atomic E-state index is 0.956. The molecule has 21 heavy (non-hydrogen) atoms. The first-order chi connectivity index (χ1) is 10.1. The van der Waals surface area contributed by atoms with Gasteiger partial charge in [0, 0.05) is 10.8 Å². The van der Waals surface area contributed by atoms with E-state index in [4.69, 9.17) is 4.74 Å². The van der Waals surface area contributed by atoms with Crippen LogP contribution in [0, 0.1) is 20.8 Å². The van der Waals surface area contributed by atoms with Crippen molar-refractivity contribution in [1.82, 2.24) is 10.2 Å². The van der Waals surface area contributed by atoms with Gasteiger partial charge in [0.2, 0.25) is 0 Å². The molecule has 0 atom stereocenters. The monoisotopic (exact) mass is 280 g/mol. The molecule has 0 bridgehead atoms. The van der Waals surface area contributed by atoms with Gasteiger partial charge < -0.3 is 4.74 Å². The lowest BCUT2D eigenvalue weighted by atomic mass is 10.1. The number of ether oxygens (including phenoxy) is 1. The Morgan fingerprint density at radius 2 is 1.19 bits per heavy atom. The number of aryl methyl sites for hydroxylation is 3. The quantitative estimate of drug-likeness (QED) is 0.668.